The van der Waals surface area contributed by atoms with Gasteiger partial charge in [0.05, 0.1) is 18.2 Å². The first-order valence-corrected chi connectivity index (χ1v) is 7.23. The Morgan fingerprint density at radius 2 is 2.00 bits per heavy atom. The minimum Gasteiger partial charge on any atom is -0.465 e. The molecule has 21 heavy (non-hydrogen) atoms. The molecule has 0 radical (unpaired) electrons. The van der Waals surface area contributed by atoms with Crippen LogP contribution in [0.25, 0.3) is 0 Å². The number of methoxy groups -OCH3 is 1. The van der Waals surface area contributed by atoms with Gasteiger partial charge in [-0.2, -0.15) is 0 Å². The van der Waals surface area contributed by atoms with Gasteiger partial charge in [-0.05, 0) is 43.0 Å². The van der Waals surface area contributed by atoms with Gasteiger partial charge in [-0.3, -0.25) is 4.79 Å². The molecule has 0 saturated heterocycles. The predicted molar refractivity (Wildman–Crippen MR) is 81.0 cm³/mol. The number of esters is 1. The van der Waals surface area contributed by atoms with Gasteiger partial charge in [0, 0.05) is 5.69 Å². The second kappa shape index (κ2) is 6.26. The first-order valence-electron chi connectivity index (χ1n) is 7.23. The minimum absolute atomic E-state index is 0.153. The van der Waals surface area contributed by atoms with Crippen molar-refractivity contribution in [3.05, 3.63) is 29.8 Å². The Morgan fingerprint density at radius 3 is 2.57 bits per heavy atom. The van der Waals surface area contributed by atoms with E-state index < -0.39 is 11.5 Å². The molecular formula is C16H22N2O3. The van der Waals surface area contributed by atoms with Crippen molar-refractivity contribution in [2.24, 2.45) is 11.7 Å². The van der Waals surface area contributed by atoms with E-state index in [2.05, 4.69) is 17.0 Å². The number of carbonyl (C=O) groups is 2. The molecule has 1 saturated carbocycles. The quantitative estimate of drug-likeness (QED) is 0.837. The molecular weight excluding hydrogens is 268 g/mol. The van der Waals surface area contributed by atoms with Crippen LogP contribution in [-0.4, -0.2) is 24.5 Å². The lowest BCUT2D eigenvalue weighted by Crippen LogP contribution is -2.53. The third-order valence-corrected chi connectivity index (χ3v) is 4.05. The van der Waals surface area contributed by atoms with Crippen molar-refractivity contribution in [2.75, 3.05) is 12.4 Å². The van der Waals surface area contributed by atoms with Gasteiger partial charge >= 0.3 is 5.97 Å². The highest BCUT2D eigenvalue weighted by Gasteiger charge is 2.37. The second-order valence-electron chi connectivity index (χ2n) is 5.88. The molecule has 1 aromatic carbocycles. The van der Waals surface area contributed by atoms with E-state index in [4.69, 9.17) is 5.73 Å². The van der Waals surface area contributed by atoms with E-state index in [1.54, 1.807) is 24.3 Å². The lowest BCUT2D eigenvalue weighted by molar-refractivity contribution is -0.122. The maximum absolute atomic E-state index is 12.4. The highest BCUT2D eigenvalue weighted by Crippen LogP contribution is 2.31. The molecule has 3 N–H and O–H groups in total. The molecule has 1 amide bonds. The molecule has 2 rings (SSSR count). The predicted octanol–water partition coefficient (Wildman–Crippen LogP) is 2.32. The van der Waals surface area contributed by atoms with Crippen LogP contribution in [0.2, 0.25) is 0 Å². The van der Waals surface area contributed by atoms with Crippen molar-refractivity contribution in [3.8, 4) is 0 Å². The van der Waals surface area contributed by atoms with Crippen molar-refractivity contribution < 1.29 is 14.3 Å². The van der Waals surface area contributed by atoms with Gasteiger partial charge in [0.2, 0.25) is 5.91 Å². The van der Waals surface area contributed by atoms with E-state index in [0.29, 0.717) is 30.0 Å². The summed E-state index contributed by atoms with van der Waals surface area (Å²) in [6.45, 7) is 2.12. The van der Waals surface area contributed by atoms with Crippen LogP contribution < -0.4 is 11.1 Å². The van der Waals surface area contributed by atoms with Gasteiger partial charge in [-0.1, -0.05) is 19.8 Å². The minimum atomic E-state index is -0.793. The van der Waals surface area contributed by atoms with Crippen LogP contribution in [0.5, 0.6) is 0 Å². The summed E-state index contributed by atoms with van der Waals surface area (Å²) in [7, 11) is 1.33. The lowest BCUT2D eigenvalue weighted by Gasteiger charge is -2.35. The van der Waals surface area contributed by atoms with E-state index in [9.17, 15) is 9.59 Å². The molecule has 5 nitrogen and oxygen atoms in total. The number of ether oxygens (including phenoxy) is 1. The number of nitrogens with two attached hydrogens (primary N) is 1. The van der Waals surface area contributed by atoms with E-state index in [-0.39, 0.29) is 5.91 Å². The average Bonchev–Trinajstić information content (AvgIpc) is 2.47. The van der Waals surface area contributed by atoms with Gasteiger partial charge in [0.25, 0.3) is 0 Å². The molecule has 0 heterocycles. The molecule has 1 aliphatic carbocycles. The summed E-state index contributed by atoms with van der Waals surface area (Å²) in [5.41, 5.74) is 6.54. The summed E-state index contributed by atoms with van der Waals surface area (Å²) in [5.74, 6) is -0.0830. The summed E-state index contributed by atoms with van der Waals surface area (Å²) < 4.78 is 4.63. The highest BCUT2D eigenvalue weighted by molar-refractivity contribution is 5.98. The molecule has 114 valence electrons. The third-order valence-electron chi connectivity index (χ3n) is 4.05. The zero-order valence-electron chi connectivity index (χ0n) is 12.5. The Hall–Kier alpha value is -1.88. The molecule has 2 unspecified atom stereocenters. The maximum Gasteiger partial charge on any atom is 0.337 e. The van der Waals surface area contributed by atoms with E-state index in [1.807, 2.05) is 0 Å². The van der Waals surface area contributed by atoms with Crippen LogP contribution in [0, 0.1) is 5.92 Å². The number of hydrogen-bond acceptors (Lipinski definition) is 4. The van der Waals surface area contributed by atoms with Gasteiger partial charge < -0.3 is 15.8 Å². The zero-order chi connectivity index (χ0) is 15.5. The van der Waals surface area contributed by atoms with Crippen molar-refractivity contribution >= 4 is 17.6 Å². The zero-order valence-corrected chi connectivity index (χ0v) is 12.5. The van der Waals surface area contributed by atoms with E-state index >= 15 is 0 Å². The normalized spacial score (nSPS) is 25.2. The number of benzene rings is 1. The number of amides is 1. The highest BCUT2D eigenvalue weighted by atomic mass is 16.5. The Kier molecular flexibility index (Phi) is 4.63. The molecule has 1 aromatic rings. The SMILES string of the molecule is COC(=O)c1ccc(NC(=O)C2(N)CCCC(C)C2)cc1. The van der Waals surface area contributed by atoms with Crippen molar-refractivity contribution in [1.29, 1.82) is 0 Å². The van der Waals surface area contributed by atoms with Gasteiger partial charge in [-0.15, -0.1) is 0 Å². The fourth-order valence-electron chi connectivity index (χ4n) is 2.86. The van der Waals surface area contributed by atoms with Gasteiger partial charge in [0.15, 0.2) is 0 Å². The van der Waals surface area contributed by atoms with Crippen LogP contribution in [-0.2, 0) is 9.53 Å². The Labute approximate surface area is 124 Å². The largest absolute Gasteiger partial charge is 0.465 e. The van der Waals surface area contributed by atoms with Crippen molar-refractivity contribution in [1.82, 2.24) is 0 Å². The molecule has 1 aliphatic rings. The lowest BCUT2D eigenvalue weighted by atomic mass is 9.76. The second-order valence-corrected chi connectivity index (χ2v) is 5.88. The van der Waals surface area contributed by atoms with E-state index in [0.717, 1.165) is 12.8 Å². The number of hydrogen-bond donors (Lipinski definition) is 2. The fourth-order valence-corrected chi connectivity index (χ4v) is 2.86. The molecule has 0 bridgehead atoms. The standard InChI is InChI=1S/C16H22N2O3/c1-11-4-3-9-16(17,10-11)15(20)18-13-7-5-12(6-8-13)14(19)21-2/h5-8,11H,3-4,9-10,17H2,1-2H3,(H,18,20). The van der Waals surface area contributed by atoms with Crippen LogP contribution >= 0.6 is 0 Å². The first-order chi connectivity index (χ1) is 9.94. The summed E-state index contributed by atoms with van der Waals surface area (Å²) in [6.07, 6.45) is 3.52. The number of anilines is 1. The summed E-state index contributed by atoms with van der Waals surface area (Å²) >= 11 is 0. The summed E-state index contributed by atoms with van der Waals surface area (Å²) in [4.78, 5) is 23.7. The summed E-state index contributed by atoms with van der Waals surface area (Å²) in [5, 5.41) is 2.84. The molecule has 1 fully saturated rings. The number of rotatable bonds is 3. The number of carbonyl (C=O) groups excluding carboxylic acids is 2. The monoisotopic (exact) mass is 290 g/mol. The molecule has 5 heteroatoms. The fraction of sp³-hybridized carbons (Fsp3) is 0.500. The molecule has 0 spiro atoms. The van der Waals surface area contributed by atoms with Crippen LogP contribution in [0.3, 0.4) is 0 Å². The van der Waals surface area contributed by atoms with E-state index in [1.165, 1.54) is 7.11 Å². The smallest absolute Gasteiger partial charge is 0.337 e. The topological polar surface area (TPSA) is 81.4 Å². The van der Waals surface area contributed by atoms with Crippen molar-refractivity contribution in [3.63, 3.8) is 0 Å². The molecule has 0 aliphatic heterocycles. The van der Waals surface area contributed by atoms with Crippen LogP contribution in [0.1, 0.15) is 43.0 Å². The third kappa shape index (κ3) is 3.61. The van der Waals surface area contributed by atoms with Gasteiger partial charge in [-0.25, -0.2) is 4.79 Å². The number of nitrogens with one attached hydrogen (secondary N) is 1. The Balaban J connectivity index is 2.04. The Bertz CT molecular complexity index is 527. The van der Waals surface area contributed by atoms with Crippen LogP contribution in [0.15, 0.2) is 24.3 Å². The molecule has 0 aromatic heterocycles. The Morgan fingerprint density at radius 1 is 1.33 bits per heavy atom. The van der Waals surface area contributed by atoms with Crippen molar-refractivity contribution in [2.45, 2.75) is 38.1 Å². The first kappa shape index (κ1) is 15.5. The average molecular weight is 290 g/mol. The maximum atomic E-state index is 12.4. The van der Waals surface area contributed by atoms with Gasteiger partial charge in [0.1, 0.15) is 0 Å². The van der Waals surface area contributed by atoms with Crippen LogP contribution in [0.4, 0.5) is 5.69 Å². The molecule has 2 atom stereocenters. The summed E-state index contributed by atoms with van der Waals surface area (Å²) in [6, 6.07) is 6.60.